The van der Waals surface area contributed by atoms with Crippen LogP contribution in [0.1, 0.15) is 11.3 Å². The highest BCUT2D eigenvalue weighted by atomic mass is 79.9. The lowest BCUT2D eigenvalue weighted by molar-refractivity contribution is -0.159. The number of carbonyl (C=O) groups is 2. The number of aromatic amines is 1. The molecule has 2 rings (SSSR count). The number of nitrogens with two attached hydrogens (primary N) is 1. The second-order valence-corrected chi connectivity index (χ2v) is 5.04. The highest BCUT2D eigenvalue weighted by molar-refractivity contribution is 9.10. The lowest BCUT2D eigenvalue weighted by Gasteiger charge is -1.99. The molecule has 8 heteroatoms. The van der Waals surface area contributed by atoms with E-state index in [0.717, 1.165) is 33.1 Å². The summed E-state index contributed by atoms with van der Waals surface area (Å²) in [4.78, 5) is 21.4. The van der Waals surface area contributed by atoms with Gasteiger partial charge in [-0.1, -0.05) is 0 Å². The van der Waals surface area contributed by atoms with Crippen molar-refractivity contribution in [2.45, 2.75) is 13.3 Å². The average Bonchev–Trinajstić information content (AvgIpc) is 2.68. The van der Waals surface area contributed by atoms with E-state index in [0.29, 0.717) is 6.54 Å². The lowest BCUT2D eigenvalue weighted by atomic mass is 10.1. The SMILES string of the molecule is Cc1[nH]c2c(Br)cc(F)cc2c1CCN.O=C(O)C(=O)O. The van der Waals surface area contributed by atoms with Gasteiger partial charge in [0.25, 0.3) is 0 Å². The minimum Gasteiger partial charge on any atom is -0.473 e. The molecule has 0 aliphatic carbocycles. The second-order valence-electron chi connectivity index (χ2n) is 4.19. The van der Waals surface area contributed by atoms with Crippen molar-refractivity contribution < 1.29 is 24.2 Å². The molecular formula is C13H14BrFN2O4. The fraction of sp³-hybridized carbons (Fsp3) is 0.231. The van der Waals surface area contributed by atoms with Gasteiger partial charge in [0.1, 0.15) is 5.82 Å². The van der Waals surface area contributed by atoms with Gasteiger partial charge in [-0.2, -0.15) is 0 Å². The zero-order valence-electron chi connectivity index (χ0n) is 11.1. The molecule has 1 heterocycles. The Labute approximate surface area is 127 Å². The number of halogens is 2. The monoisotopic (exact) mass is 360 g/mol. The van der Waals surface area contributed by atoms with E-state index >= 15 is 0 Å². The smallest absolute Gasteiger partial charge is 0.414 e. The summed E-state index contributed by atoms with van der Waals surface area (Å²) in [5.41, 5.74) is 8.64. The predicted octanol–water partition coefficient (Wildman–Crippen LogP) is 2.03. The molecule has 0 fully saturated rings. The van der Waals surface area contributed by atoms with Gasteiger partial charge in [-0.15, -0.1) is 0 Å². The van der Waals surface area contributed by atoms with Crippen LogP contribution in [-0.2, 0) is 16.0 Å². The van der Waals surface area contributed by atoms with Crippen LogP contribution < -0.4 is 5.73 Å². The third-order valence-corrected chi connectivity index (χ3v) is 3.35. The number of hydrogen-bond acceptors (Lipinski definition) is 3. The number of aryl methyl sites for hydroxylation is 1. The van der Waals surface area contributed by atoms with Crippen molar-refractivity contribution in [3.05, 3.63) is 33.7 Å². The molecule has 0 saturated carbocycles. The van der Waals surface area contributed by atoms with Crippen LogP contribution in [0, 0.1) is 12.7 Å². The summed E-state index contributed by atoms with van der Waals surface area (Å²) in [6, 6.07) is 3.01. The average molecular weight is 361 g/mol. The third kappa shape index (κ3) is 4.27. The van der Waals surface area contributed by atoms with E-state index in [1.165, 1.54) is 6.07 Å². The molecule has 114 valence electrons. The second kappa shape index (κ2) is 7.19. The maximum Gasteiger partial charge on any atom is 0.414 e. The molecule has 0 saturated heterocycles. The van der Waals surface area contributed by atoms with Crippen molar-refractivity contribution in [3.8, 4) is 0 Å². The summed E-state index contributed by atoms with van der Waals surface area (Å²) in [6.07, 6.45) is 0.766. The molecule has 1 aromatic heterocycles. The minimum absolute atomic E-state index is 0.230. The molecule has 2 aromatic rings. The van der Waals surface area contributed by atoms with Crippen molar-refractivity contribution in [2.24, 2.45) is 5.73 Å². The number of hydrogen-bond donors (Lipinski definition) is 4. The van der Waals surface area contributed by atoms with Crippen LogP contribution in [0.3, 0.4) is 0 Å². The Kier molecular flexibility index (Phi) is 5.86. The van der Waals surface area contributed by atoms with Gasteiger partial charge >= 0.3 is 11.9 Å². The molecule has 0 amide bonds. The molecule has 1 aromatic carbocycles. The lowest BCUT2D eigenvalue weighted by Crippen LogP contribution is -2.09. The van der Waals surface area contributed by atoms with E-state index in [1.54, 1.807) is 6.07 Å². The Bertz CT molecular complexity index is 672. The molecule has 5 N–H and O–H groups in total. The quantitative estimate of drug-likeness (QED) is 0.611. The molecule has 0 atom stereocenters. The summed E-state index contributed by atoms with van der Waals surface area (Å²) in [6.45, 7) is 2.55. The third-order valence-electron chi connectivity index (χ3n) is 2.72. The topological polar surface area (TPSA) is 116 Å². The van der Waals surface area contributed by atoms with Crippen LogP contribution in [0.2, 0.25) is 0 Å². The van der Waals surface area contributed by atoms with Crippen LogP contribution in [0.25, 0.3) is 10.9 Å². The summed E-state index contributed by atoms with van der Waals surface area (Å²) in [7, 11) is 0. The normalized spacial score (nSPS) is 10.1. The Morgan fingerprint density at radius 2 is 1.90 bits per heavy atom. The maximum atomic E-state index is 13.3. The van der Waals surface area contributed by atoms with E-state index in [1.807, 2.05) is 6.92 Å². The Morgan fingerprint density at radius 1 is 1.33 bits per heavy atom. The van der Waals surface area contributed by atoms with Crippen LogP contribution >= 0.6 is 15.9 Å². The molecule has 0 bridgehead atoms. The summed E-state index contributed by atoms with van der Waals surface area (Å²) in [5, 5.41) is 15.7. The number of aromatic nitrogens is 1. The Hall–Kier alpha value is -1.93. The molecule has 21 heavy (non-hydrogen) atoms. The van der Waals surface area contributed by atoms with E-state index in [9.17, 15) is 4.39 Å². The van der Waals surface area contributed by atoms with Crippen LogP contribution in [0.4, 0.5) is 4.39 Å². The predicted molar refractivity (Wildman–Crippen MR) is 78.7 cm³/mol. The van der Waals surface area contributed by atoms with Gasteiger partial charge in [0.15, 0.2) is 0 Å². The summed E-state index contributed by atoms with van der Waals surface area (Å²) < 4.78 is 14.0. The molecule has 0 spiro atoms. The summed E-state index contributed by atoms with van der Waals surface area (Å²) >= 11 is 3.34. The van der Waals surface area contributed by atoms with Crippen molar-refractivity contribution in [1.82, 2.24) is 4.98 Å². The molecule has 0 unspecified atom stereocenters. The first-order chi connectivity index (χ1) is 9.77. The van der Waals surface area contributed by atoms with E-state index in [2.05, 4.69) is 20.9 Å². The van der Waals surface area contributed by atoms with Gasteiger partial charge in [-0.05, 0) is 53.5 Å². The number of H-pyrrole nitrogens is 1. The Balaban J connectivity index is 0.000000315. The van der Waals surface area contributed by atoms with Gasteiger partial charge in [0, 0.05) is 15.6 Å². The standard InChI is InChI=1S/C11H12BrFN2.C2H2O4/c1-6-8(2-3-14)9-4-7(13)5-10(12)11(9)15-6;3-1(4)2(5)6/h4-5,15H,2-3,14H2,1H3;(H,3,4)(H,5,6). The van der Waals surface area contributed by atoms with Crippen molar-refractivity contribution >= 4 is 38.8 Å². The highest BCUT2D eigenvalue weighted by Gasteiger charge is 2.11. The zero-order chi connectivity index (χ0) is 16.2. The van der Waals surface area contributed by atoms with Crippen LogP contribution in [0.5, 0.6) is 0 Å². The molecule has 6 nitrogen and oxygen atoms in total. The first-order valence-corrected chi connectivity index (χ1v) is 6.69. The summed E-state index contributed by atoms with van der Waals surface area (Å²) in [5.74, 6) is -3.88. The molecule has 0 aliphatic heterocycles. The fourth-order valence-corrected chi connectivity index (χ4v) is 2.40. The van der Waals surface area contributed by atoms with E-state index in [4.69, 9.17) is 25.5 Å². The van der Waals surface area contributed by atoms with E-state index < -0.39 is 11.9 Å². The Morgan fingerprint density at radius 3 is 2.38 bits per heavy atom. The number of benzene rings is 1. The minimum atomic E-state index is -1.82. The molecular weight excluding hydrogens is 347 g/mol. The fourth-order valence-electron chi connectivity index (χ4n) is 1.87. The van der Waals surface area contributed by atoms with Crippen molar-refractivity contribution in [1.29, 1.82) is 0 Å². The molecule has 0 radical (unpaired) electrons. The largest absolute Gasteiger partial charge is 0.473 e. The number of fused-ring (bicyclic) bond motifs is 1. The first-order valence-electron chi connectivity index (χ1n) is 5.90. The van der Waals surface area contributed by atoms with Gasteiger partial charge in [-0.25, -0.2) is 14.0 Å². The van der Waals surface area contributed by atoms with Gasteiger partial charge in [0.05, 0.1) is 5.52 Å². The van der Waals surface area contributed by atoms with Crippen LogP contribution in [-0.4, -0.2) is 33.7 Å². The van der Waals surface area contributed by atoms with Crippen molar-refractivity contribution in [3.63, 3.8) is 0 Å². The first kappa shape index (κ1) is 17.1. The molecule has 0 aliphatic rings. The number of carboxylic acid groups (broad SMARTS) is 2. The van der Waals surface area contributed by atoms with Gasteiger partial charge < -0.3 is 20.9 Å². The van der Waals surface area contributed by atoms with Gasteiger partial charge in [0.2, 0.25) is 0 Å². The zero-order valence-corrected chi connectivity index (χ0v) is 12.7. The highest BCUT2D eigenvalue weighted by Crippen LogP contribution is 2.29. The van der Waals surface area contributed by atoms with Gasteiger partial charge in [-0.3, -0.25) is 0 Å². The number of rotatable bonds is 2. The number of carboxylic acids is 2. The number of aliphatic carboxylic acids is 2. The number of nitrogens with one attached hydrogen (secondary N) is 1. The maximum absolute atomic E-state index is 13.3. The van der Waals surface area contributed by atoms with E-state index in [-0.39, 0.29) is 5.82 Å². The van der Waals surface area contributed by atoms with Crippen molar-refractivity contribution in [2.75, 3.05) is 6.54 Å². The van der Waals surface area contributed by atoms with Crippen LogP contribution in [0.15, 0.2) is 16.6 Å².